The fourth-order valence-electron chi connectivity index (χ4n) is 3.31. The molecule has 0 N–H and O–H groups in total. The summed E-state index contributed by atoms with van der Waals surface area (Å²) < 4.78 is 6.24. The molecule has 1 aromatic heterocycles. The lowest BCUT2D eigenvalue weighted by molar-refractivity contribution is -0.135. The van der Waals surface area contributed by atoms with Crippen molar-refractivity contribution in [3.63, 3.8) is 0 Å². The van der Waals surface area contributed by atoms with Crippen LogP contribution < -0.4 is 0 Å². The summed E-state index contributed by atoms with van der Waals surface area (Å²) in [5, 5.41) is 0.114. The van der Waals surface area contributed by atoms with E-state index in [1.165, 1.54) is 12.4 Å². The minimum absolute atomic E-state index is 0.114. The number of rotatable bonds is 7. The van der Waals surface area contributed by atoms with Gasteiger partial charge in [0.15, 0.2) is 14.1 Å². The summed E-state index contributed by atoms with van der Waals surface area (Å²) in [4.78, 5) is 35.5. The van der Waals surface area contributed by atoms with Gasteiger partial charge in [-0.25, -0.2) is 9.97 Å². The van der Waals surface area contributed by atoms with Crippen molar-refractivity contribution >= 4 is 26.1 Å². The van der Waals surface area contributed by atoms with Gasteiger partial charge in [-0.1, -0.05) is 32.9 Å². The molecule has 29 heavy (non-hydrogen) atoms. The molecule has 2 aliphatic rings. The maximum absolute atomic E-state index is 13.1. The summed E-state index contributed by atoms with van der Waals surface area (Å²) in [5.74, 6) is -1.26. The fraction of sp³-hybridized carbons (Fsp3) is 0.455. The Kier molecular flexibility index (Phi) is 6.00. The molecule has 154 valence electrons. The average molecular weight is 412 g/mol. The Morgan fingerprint density at radius 3 is 2.62 bits per heavy atom. The van der Waals surface area contributed by atoms with Crippen LogP contribution in [0.15, 0.2) is 48.7 Å². The smallest absolute Gasteiger partial charge is 0.238 e. The van der Waals surface area contributed by atoms with Gasteiger partial charge in [0.1, 0.15) is 12.2 Å². The summed E-state index contributed by atoms with van der Waals surface area (Å²) in [6.07, 6.45) is 13.6. The van der Waals surface area contributed by atoms with Crippen molar-refractivity contribution in [3.05, 3.63) is 54.3 Å². The molecule has 1 saturated heterocycles. The van der Waals surface area contributed by atoms with Crippen LogP contribution >= 0.6 is 0 Å². The molecule has 1 amide bonds. The first kappa shape index (κ1) is 21.3. The van der Waals surface area contributed by atoms with E-state index in [0.29, 0.717) is 13.2 Å². The lowest BCUT2D eigenvalue weighted by atomic mass is 9.90. The molecule has 0 bridgehead atoms. The second kappa shape index (κ2) is 8.16. The molecule has 0 radical (unpaired) electrons. The Balaban J connectivity index is 1.68. The van der Waals surface area contributed by atoms with Gasteiger partial charge in [-0.3, -0.25) is 9.59 Å². The SMILES string of the molecule is CC(C)(C)[Si](C)(C)OCCN1C(=O)[C@@H](C(=O)/C=C/c2cncnc2)C2C=CC=C21. The number of likely N-dealkylation sites (tertiary alicyclic amines) is 1. The Hall–Kier alpha value is -2.38. The van der Waals surface area contributed by atoms with Gasteiger partial charge in [-0.05, 0) is 36.4 Å². The highest BCUT2D eigenvalue weighted by Gasteiger charge is 2.47. The molecule has 1 aliphatic heterocycles. The average Bonchev–Trinajstić information content (AvgIpc) is 3.21. The van der Waals surface area contributed by atoms with Crippen LogP contribution in [0.5, 0.6) is 0 Å². The minimum atomic E-state index is -1.88. The standard InChI is InChI=1S/C22H29N3O3Si/c1-22(2,3)29(4,5)28-12-11-25-18-8-6-7-17(18)20(21(25)27)19(26)10-9-16-13-23-15-24-14-16/h6-10,13-15,17,20H,11-12H2,1-5H3/b10-9+/t17?,20-/m1/s1. The zero-order valence-corrected chi connectivity index (χ0v) is 18.8. The normalized spacial score (nSPS) is 21.8. The number of hydrogen-bond donors (Lipinski definition) is 0. The summed E-state index contributed by atoms with van der Waals surface area (Å²) in [6.45, 7) is 11.9. The first-order chi connectivity index (χ1) is 13.6. The molecule has 7 heteroatoms. The topological polar surface area (TPSA) is 72.4 Å². The van der Waals surface area contributed by atoms with E-state index in [0.717, 1.165) is 11.3 Å². The molecule has 1 unspecified atom stereocenters. The number of allylic oxidation sites excluding steroid dienone is 4. The van der Waals surface area contributed by atoms with Gasteiger partial charge in [-0.15, -0.1) is 0 Å². The molecule has 2 atom stereocenters. The van der Waals surface area contributed by atoms with Crippen molar-refractivity contribution in [2.24, 2.45) is 11.8 Å². The predicted octanol–water partition coefficient (Wildman–Crippen LogP) is 3.61. The van der Waals surface area contributed by atoms with Crippen molar-refractivity contribution in [2.45, 2.75) is 38.9 Å². The van der Waals surface area contributed by atoms with E-state index in [2.05, 4.69) is 43.8 Å². The van der Waals surface area contributed by atoms with Gasteiger partial charge < -0.3 is 9.33 Å². The molecule has 0 spiro atoms. The third-order valence-corrected chi connectivity index (χ3v) is 10.6. The third-order valence-electron chi connectivity index (χ3n) is 6.04. The molecule has 0 saturated carbocycles. The van der Waals surface area contributed by atoms with Gasteiger partial charge in [0.05, 0.1) is 6.61 Å². The lowest BCUT2D eigenvalue weighted by Gasteiger charge is -2.36. The number of amides is 1. The first-order valence-corrected chi connectivity index (χ1v) is 12.8. The number of aromatic nitrogens is 2. The van der Waals surface area contributed by atoms with E-state index in [4.69, 9.17) is 4.43 Å². The van der Waals surface area contributed by atoms with Crippen molar-refractivity contribution in [1.82, 2.24) is 14.9 Å². The van der Waals surface area contributed by atoms with Crippen LogP contribution in [0, 0.1) is 11.8 Å². The highest BCUT2D eigenvalue weighted by atomic mass is 28.4. The molecule has 1 aromatic rings. The quantitative estimate of drug-likeness (QED) is 0.389. The summed E-state index contributed by atoms with van der Waals surface area (Å²) in [6, 6.07) is 0. The van der Waals surface area contributed by atoms with Gasteiger partial charge in [-0.2, -0.15) is 0 Å². The molecule has 3 rings (SSSR count). The number of hydrogen-bond acceptors (Lipinski definition) is 5. The van der Waals surface area contributed by atoms with Crippen LogP contribution in [0.1, 0.15) is 26.3 Å². The maximum Gasteiger partial charge on any atom is 0.238 e. The van der Waals surface area contributed by atoms with Crippen molar-refractivity contribution in [3.8, 4) is 0 Å². The Labute approximate surface area is 173 Å². The second-order valence-corrected chi connectivity index (χ2v) is 13.8. The molecule has 0 aromatic carbocycles. The van der Waals surface area contributed by atoms with Crippen molar-refractivity contribution in [2.75, 3.05) is 13.2 Å². The molecular formula is C22H29N3O3Si. The zero-order chi connectivity index (χ0) is 21.2. The zero-order valence-electron chi connectivity index (χ0n) is 17.8. The number of nitrogens with zero attached hydrogens (tertiary/aromatic N) is 3. The van der Waals surface area contributed by atoms with Gasteiger partial charge in [0, 0.05) is 36.1 Å². The first-order valence-electron chi connectivity index (χ1n) is 9.92. The number of ketones is 1. The molecule has 1 fully saturated rings. The second-order valence-electron chi connectivity index (χ2n) is 8.99. The number of fused-ring (bicyclic) bond motifs is 1. The van der Waals surface area contributed by atoms with E-state index in [-0.39, 0.29) is 22.6 Å². The molecular weight excluding hydrogens is 382 g/mol. The third kappa shape index (κ3) is 4.46. The Bertz CT molecular complexity index is 869. The van der Waals surface area contributed by atoms with E-state index >= 15 is 0 Å². The van der Waals surface area contributed by atoms with E-state index in [1.54, 1.807) is 23.4 Å². The lowest BCUT2D eigenvalue weighted by Crippen LogP contribution is -2.43. The summed E-state index contributed by atoms with van der Waals surface area (Å²) >= 11 is 0. The predicted molar refractivity (Wildman–Crippen MR) is 115 cm³/mol. The maximum atomic E-state index is 13.1. The van der Waals surface area contributed by atoms with Crippen LogP contribution in [-0.4, -0.2) is 48.0 Å². The van der Waals surface area contributed by atoms with E-state index in [1.807, 2.05) is 18.2 Å². The Morgan fingerprint density at radius 2 is 1.97 bits per heavy atom. The highest BCUT2D eigenvalue weighted by molar-refractivity contribution is 6.74. The molecule has 2 heterocycles. The monoisotopic (exact) mass is 411 g/mol. The van der Waals surface area contributed by atoms with Crippen LogP contribution in [0.25, 0.3) is 6.08 Å². The molecule has 1 aliphatic carbocycles. The highest BCUT2D eigenvalue weighted by Crippen LogP contribution is 2.40. The molecule has 6 nitrogen and oxygen atoms in total. The number of carbonyl (C=O) groups is 2. The van der Waals surface area contributed by atoms with E-state index in [9.17, 15) is 9.59 Å². The summed E-state index contributed by atoms with van der Waals surface area (Å²) in [5.41, 5.74) is 1.62. The van der Waals surface area contributed by atoms with E-state index < -0.39 is 14.2 Å². The Morgan fingerprint density at radius 1 is 1.28 bits per heavy atom. The van der Waals surface area contributed by atoms with Crippen LogP contribution in [-0.2, 0) is 14.0 Å². The fourth-order valence-corrected chi connectivity index (χ4v) is 4.34. The van der Waals surface area contributed by atoms with Crippen LogP contribution in [0.3, 0.4) is 0 Å². The van der Waals surface area contributed by atoms with Gasteiger partial charge >= 0.3 is 0 Å². The number of carbonyl (C=O) groups excluding carboxylic acids is 2. The van der Waals surface area contributed by atoms with Gasteiger partial charge in [0.25, 0.3) is 0 Å². The van der Waals surface area contributed by atoms with Gasteiger partial charge in [0.2, 0.25) is 5.91 Å². The summed E-state index contributed by atoms with van der Waals surface area (Å²) in [7, 11) is -1.88. The van der Waals surface area contributed by atoms with Crippen LogP contribution in [0.4, 0.5) is 0 Å². The van der Waals surface area contributed by atoms with Crippen molar-refractivity contribution < 1.29 is 14.0 Å². The largest absolute Gasteiger partial charge is 0.415 e. The van der Waals surface area contributed by atoms with Crippen molar-refractivity contribution in [1.29, 1.82) is 0 Å². The van der Waals surface area contributed by atoms with Crippen LogP contribution in [0.2, 0.25) is 18.1 Å². The minimum Gasteiger partial charge on any atom is -0.415 e.